The third-order valence-electron chi connectivity index (χ3n) is 5.17. The van der Waals surface area contributed by atoms with Crippen LogP contribution in [0.4, 0.5) is 0 Å². The van der Waals surface area contributed by atoms with Gasteiger partial charge in [-0.3, -0.25) is 9.78 Å². The van der Waals surface area contributed by atoms with Crippen molar-refractivity contribution in [1.82, 2.24) is 15.6 Å². The predicted octanol–water partition coefficient (Wildman–Crippen LogP) is 2.05. The standard InChI is InChI=1S/C18H21N3O/c1-18(2,21-17(22)16-13-8-20-9-14(13)16)15-10-19-7-11-5-3-4-6-12(11)15/h3-7,10,13-14,16,20H,8-9H2,1-2H3,(H,21,22)/t13-,14?,16?/m0/s1. The minimum atomic E-state index is -0.421. The first-order chi connectivity index (χ1) is 10.6. The summed E-state index contributed by atoms with van der Waals surface area (Å²) in [4.78, 5) is 16.9. The number of amides is 1. The molecule has 1 saturated carbocycles. The molecule has 1 saturated heterocycles. The highest BCUT2D eigenvalue weighted by Crippen LogP contribution is 2.49. The van der Waals surface area contributed by atoms with Crippen LogP contribution >= 0.6 is 0 Å². The van der Waals surface area contributed by atoms with E-state index < -0.39 is 5.54 Å². The minimum Gasteiger partial charge on any atom is -0.347 e. The van der Waals surface area contributed by atoms with Gasteiger partial charge in [-0.1, -0.05) is 24.3 Å². The zero-order valence-electron chi connectivity index (χ0n) is 13.0. The first kappa shape index (κ1) is 13.7. The Hall–Kier alpha value is -1.94. The van der Waals surface area contributed by atoms with Crippen molar-refractivity contribution in [2.24, 2.45) is 17.8 Å². The summed E-state index contributed by atoms with van der Waals surface area (Å²) in [6.07, 6.45) is 3.74. The number of hydrogen-bond acceptors (Lipinski definition) is 3. The van der Waals surface area contributed by atoms with E-state index in [-0.39, 0.29) is 11.8 Å². The quantitative estimate of drug-likeness (QED) is 0.911. The van der Waals surface area contributed by atoms with Crippen molar-refractivity contribution in [2.45, 2.75) is 19.4 Å². The van der Waals surface area contributed by atoms with E-state index in [1.807, 2.05) is 24.5 Å². The van der Waals surface area contributed by atoms with Gasteiger partial charge in [0.05, 0.1) is 5.54 Å². The van der Waals surface area contributed by atoms with Crippen LogP contribution in [0.2, 0.25) is 0 Å². The average molecular weight is 295 g/mol. The molecule has 1 aliphatic carbocycles. The Balaban J connectivity index is 1.61. The molecule has 3 atom stereocenters. The number of fused-ring (bicyclic) bond motifs is 2. The Labute approximate surface area is 130 Å². The summed E-state index contributed by atoms with van der Waals surface area (Å²) in [5.74, 6) is 1.47. The fraction of sp³-hybridized carbons (Fsp3) is 0.444. The summed E-state index contributed by atoms with van der Waals surface area (Å²) >= 11 is 0. The molecule has 1 amide bonds. The van der Waals surface area contributed by atoms with Crippen LogP contribution in [-0.4, -0.2) is 24.0 Å². The lowest BCUT2D eigenvalue weighted by molar-refractivity contribution is -0.124. The number of aromatic nitrogens is 1. The number of benzene rings is 1. The Morgan fingerprint density at radius 3 is 2.73 bits per heavy atom. The maximum Gasteiger partial charge on any atom is 0.224 e. The van der Waals surface area contributed by atoms with Crippen LogP contribution in [0.5, 0.6) is 0 Å². The molecule has 2 unspecified atom stereocenters. The Bertz CT molecular complexity index is 725. The highest BCUT2D eigenvalue weighted by molar-refractivity contribution is 5.87. The maximum atomic E-state index is 12.6. The second-order valence-electron chi connectivity index (χ2n) is 7.03. The maximum absolute atomic E-state index is 12.6. The number of hydrogen-bond donors (Lipinski definition) is 2. The third kappa shape index (κ3) is 2.10. The molecule has 0 bridgehead atoms. The average Bonchev–Trinajstić information content (AvgIpc) is 3.00. The van der Waals surface area contributed by atoms with E-state index in [1.165, 1.54) is 0 Å². The van der Waals surface area contributed by atoms with Crippen LogP contribution in [0.25, 0.3) is 10.8 Å². The van der Waals surface area contributed by atoms with Crippen molar-refractivity contribution in [1.29, 1.82) is 0 Å². The second kappa shape index (κ2) is 4.78. The van der Waals surface area contributed by atoms with E-state index in [4.69, 9.17) is 0 Å². The van der Waals surface area contributed by atoms with Gasteiger partial charge in [0.25, 0.3) is 0 Å². The largest absolute Gasteiger partial charge is 0.347 e. The molecule has 2 N–H and O–H groups in total. The van der Waals surface area contributed by atoms with Gasteiger partial charge in [0.2, 0.25) is 5.91 Å². The molecule has 1 aromatic heterocycles. The van der Waals surface area contributed by atoms with Gasteiger partial charge in [-0.05, 0) is 44.2 Å². The summed E-state index contributed by atoms with van der Waals surface area (Å²) in [6, 6.07) is 8.19. The van der Waals surface area contributed by atoms with E-state index in [1.54, 1.807) is 0 Å². The van der Waals surface area contributed by atoms with Gasteiger partial charge in [0.15, 0.2) is 0 Å². The Morgan fingerprint density at radius 2 is 1.95 bits per heavy atom. The lowest BCUT2D eigenvalue weighted by atomic mass is 9.91. The molecule has 0 spiro atoms. The van der Waals surface area contributed by atoms with Gasteiger partial charge in [-0.2, -0.15) is 0 Å². The Morgan fingerprint density at radius 1 is 1.23 bits per heavy atom. The van der Waals surface area contributed by atoms with Crippen molar-refractivity contribution >= 4 is 16.7 Å². The molecule has 0 radical (unpaired) electrons. The fourth-order valence-corrected chi connectivity index (χ4v) is 3.88. The molecule has 4 heteroatoms. The highest BCUT2D eigenvalue weighted by atomic mass is 16.2. The van der Waals surface area contributed by atoms with Crippen LogP contribution in [0, 0.1) is 17.8 Å². The van der Waals surface area contributed by atoms with E-state index in [0.29, 0.717) is 11.8 Å². The molecule has 2 fully saturated rings. The van der Waals surface area contributed by atoms with Gasteiger partial charge >= 0.3 is 0 Å². The van der Waals surface area contributed by atoms with Crippen molar-refractivity contribution in [3.63, 3.8) is 0 Å². The molecule has 4 rings (SSSR count). The summed E-state index contributed by atoms with van der Waals surface area (Å²) in [5, 5.41) is 8.84. The first-order valence-corrected chi connectivity index (χ1v) is 7.94. The second-order valence-corrected chi connectivity index (χ2v) is 7.03. The molecular weight excluding hydrogens is 274 g/mol. The lowest BCUT2D eigenvalue weighted by Gasteiger charge is -2.28. The van der Waals surface area contributed by atoms with Crippen molar-refractivity contribution in [2.75, 3.05) is 13.1 Å². The molecular formula is C18H21N3O. The zero-order chi connectivity index (χ0) is 15.3. The smallest absolute Gasteiger partial charge is 0.224 e. The number of carbonyl (C=O) groups excluding carboxylic acids is 1. The van der Waals surface area contributed by atoms with E-state index in [0.717, 1.165) is 29.4 Å². The van der Waals surface area contributed by atoms with Crippen LogP contribution in [0.1, 0.15) is 19.4 Å². The normalized spacial score (nSPS) is 26.7. The van der Waals surface area contributed by atoms with Crippen LogP contribution in [0.3, 0.4) is 0 Å². The number of carbonyl (C=O) groups is 1. The van der Waals surface area contributed by atoms with Crippen LogP contribution in [-0.2, 0) is 10.3 Å². The monoisotopic (exact) mass is 295 g/mol. The summed E-state index contributed by atoms with van der Waals surface area (Å²) in [6.45, 7) is 6.09. The molecule has 2 aromatic rings. The highest BCUT2D eigenvalue weighted by Gasteiger charge is 2.57. The SMILES string of the molecule is CC(C)(NC(=O)C1C2CNC[C@@H]21)c1cncc2ccccc12. The topological polar surface area (TPSA) is 54.0 Å². The lowest BCUT2D eigenvalue weighted by Crippen LogP contribution is -2.43. The number of piperidine rings is 1. The van der Waals surface area contributed by atoms with Gasteiger partial charge in [0, 0.05) is 29.3 Å². The van der Waals surface area contributed by atoms with E-state index in [9.17, 15) is 4.79 Å². The number of rotatable bonds is 3. The molecule has 2 aliphatic rings. The van der Waals surface area contributed by atoms with Crippen LogP contribution in [0.15, 0.2) is 36.7 Å². The van der Waals surface area contributed by atoms with E-state index >= 15 is 0 Å². The summed E-state index contributed by atoms with van der Waals surface area (Å²) in [7, 11) is 0. The first-order valence-electron chi connectivity index (χ1n) is 7.94. The third-order valence-corrected chi connectivity index (χ3v) is 5.17. The molecule has 4 nitrogen and oxygen atoms in total. The van der Waals surface area contributed by atoms with E-state index in [2.05, 4.69) is 41.6 Å². The van der Waals surface area contributed by atoms with Gasteiger partial charge in [-0.25, -0.2) is 0 Å². The van der Waals surface area contributed by atoms with Gasteiger partial charge < -0.3 is 10.6 Å². The molecule has 22 heavy (non-hydrogen) atoms. The van der Waals surface area contributed by atoms with Crippen LogP contribution < -0.4 is 10.6 Å². The number of nitrogens with one attached hydrogen (secondary N) is 2. The minimum absolute atomic E-state index is 0.189. The van der Waals surface area contributed by atoms with Crippen molar-refractivity contribution in [3.05, 3.63) is 42.2 Å². The van der Waals surface area contributed by atoms with Crippen molar-refractivity contribution < 1.29 is 4.79 Å². The Kier molecular flexibility index (Phi) is 2.98. The summed E-state index contributed by atoms with van der Waals surface area (Å²) < 4.78 is 0. The molecule has 1 aliphatic heterocycles. The predicted molar refractivity (Wildman–Crippen MR) is 86.3 cm³/mol. The van der Waals surface area contributed by atoms with Crippen molar-refractivity contribution in [3.8, 4) is 0 Å². The van der Waals surface area contributed by atoms with Gasteiger partial charge in [-0.15, -0.1) is 0 Å². The molecule has 2 heterocycles. The zero-order valence-corrected chi connectivity index (χ0v) is 13.0. The molecule has 1 aromatic carbocycles. The molecule has 114 valence electrons. The number of nitrogens with zero attached hydrogens (tertiary/aromatic N) is 1. The van der Waals surface area contributed by atoms with Gasteiger partial charge in [0.1, 0.15) is 0 Å². The fourth-order valence-electron chi connectivity index (χ4n) is 3.88. The summed E-state index contributed by atoms with van der Waals surface area (Å²) in [5.41, 5.74) is 0.651. The number of pyridine rings is 1.